The Morgan fingerprint density at radius 3 is 2.28 bits per heavy atom. The number of amides is 2. The van der Waals surface area contributed by atoms with E-state index in [4.69, 9.17) is 5.73 Å². The van der Waals surface area contributed by atoms with Gasteiger partial charge in [-0.15, -0.1) is 0 Å². The number of anilines is 1. The molecule has 2 aromatic carbocycles. The van der Waals surface area contributed by atoms with Gasteiger partial charge in [0.2, 0.25) is 0 Å². The first-order valence-electron chi connectivity index (χ1n) is 9.93. The number of nitrogens with one attached hydrogen (secondary N) is 1. The molecule has 0 spiro atoms. The van der Waals surface area contributed by atoms with Gasteiger partial charge in [-0.2, -0.15) is 0 Å². The number of Topliss-reactive ketones (excluding diaryl/α,β-unsaturated/α-hetero) is 1. The number of hydrogen-bond acceptors (Lipinski definition) is 3. The third-order valence-electron chi connectivity index (χ3n) is 5.13. The molecule has 29 heavy (non-hydrogen) atoms. The number of benzene rings is 2. The van der Waals surface area contributed by atoms with Crippen LogP contribution >= 0.6 is 0 Å². The van der Waals surface area contributed by atoms with Crippen molar-refractivity contribution < 1.29 is 9.59 Å². The van der Waals surface area contributed by atoms with Crippen molar-refractivity contribution in [1.29, 1.82) is 0 Å². The molecule has 0 atom stereocenters. The maximum Gasteiger partial charge on any atom is 0.314 e. The number of aromatic amines is 1. The highest BCUT2D eigenvalue weighted by molar-refractivity contribution is 5.84. The predicted octanol–water partition coefficient (Wildman–Crippen LogP) is 3.58. The zero-order valence-electron chi connectivity index (χ0n) is 16.8. The summed E-state index contributed by atoms with van der Waals surface area (Å²) >= 11 is 0. The number of aryl methyl sites for hydroxylation is 1. The molecule has 1 aliphatic rings. The summed E-state index contributed by atoms with van der Waals surface area (Å²) in [4.78, 5) is 28.9. The Balaban J connectivity index is 0.000000166. The van der Waals surface area contributed by atoms with Crippen LogP contribution in [0.3, 0.4) is 0 Å². The molecule has 2 amide bonds. The highest BCUT2D eigenvalue weighted by Gasteiger charge is 2.18. The topological polar surface area (TPSA) is 82.4 Å². The van der Waals surface area contributed by atoms with E-state index in [1.54, 1.807) is 11.8 Å². The van der Waals surface area contributed by atoms with Crippen LogP contribution in [0.25, 0.3) is 10.9 Å². The number of aromatic nitrogens is 1. The van der Waals surface area contributed by atoms with E-state index in [1.165, 1.54) is 16.6 Å². The fraction of sp³-hybridized carbons (Fsp3) is 0.304. The number of H-pyrrole nitrogens is 1. The molecule has 1 aliphatic heterocycles. The van der Waals surface area contributed by atoms with E-state index in [0.29, 0.717) is 19.5 Å². The molecule has 1 saturated heterocycles. The number of hydrogen-bond donors (Lipinski definition) is 2. The summed E-state index contributed by atoms with van der Waals surface area (Å²) in [5.41, 5.74) is 8.81. The molecule has 0 aliphatic carbocycles. The minimum absolute atomic E-state index is 0.246. The van der Waals surface area contributed by atoms with Crippen LogP contribution in [0.5, 0.6) is 0 Å². The summed E-state index contributed by atoms with van der Waals surface area (Å²) in [6.07, 6.45) is 3.45. The Bertz CT molecular complexity index is 944. The molecule has 0 saturated carbocycles. The number of nitrogens with two attached hydrogens (primary N) is 1. The smallest absolute Gasteiger partial charge is 0.314 e. The summed E-state index contributed by atoms with van der Waals surface area (Å²) in [5.74, 6) is 0.246. The van der Waals surface area contributed by atoms with E-state index in [1.807, 2.05) is 42.6 Å². The fourth-order valence-corrected chi connectivity index (χ4v) is 3.47. The standard InChI is InChI=1S/C12H13NO.C11H15N3O/c1-9(14)6-7-10-8-13-12-5-3-2-4-11(10)12;12-11(15)14-8-6-13(7-9-14)10-4-2-1-3-5-10/h2-5,8,13H,6-7H2,1H3;1-5H,6-9H2,(H2,12,15). The quantitative estimate of drug-likeness (QED) is 0.712. The molecule has 4 rings (SSSR count). The molecule has 0 unspecified atom stereocenters. The number of nitrogens with zero attached hydrogens (tertiary/aromatic N) is 2. The molecule has 1 fully saturated rings. The van der Waals surface area contributed by atoms with E-state index in [0.717, 1.165) is 25.0 Å². The highest BCUT2D eigenvalue weighted by Crippen LogP contribution is 2.19. The van der Waals surface area contributed by atoms with Gasteiger partial charge in [-0.3, -0.25) is 0 Å². The van der Waals surface area contributed by atoms with Gasteiger partial charge in [-0.05, 0) is 37.1 Å². The van der Waals surface area contributed by atoms with Crippen LogP contribution in [0.15, 0.2) is 60.8 Å². The largest absolute Gasteiger partial charge is 0.368 e. The van der Waals surface area contributed by atoms with Crippen molar-refractivity contribution >= 4 is 28.4 Å². The van der Waals surface area contributed by atoms with E-state index < -0.39 is 0 Å². The predicted molar refractivity (Wildman–Crippen MR) is 117 cm³/mol. The molecule has 6 heteroatoms. The molecule has 0 radical (unpaired) electrons. The van der Waals surface area contributed by atoms with Gasteiger partial charge in [-0.1, -0.05) is 36.4 Å². The molecule has 152 valence electrons. The first-order valence-corrected chi connectivity index (χ1v) is 9.93. The molecule has 2 heterocycles. The molecule has 0 bridgehead atoms. The highest BCUT2D eigenvalue weighted by atomic mass is 16.2. The van der Waals surface area contributed by atoms with E-state index in [9.17, 15) is 9.59 Å². The number of fused-ring (bicyclic) bond motifs is 1. The van der Waals surface area contributed by atoms with Crippen LogP contribution in [0, 0.1) is 0 Å². The Labute approximate surface area is 171 Å². The first-order chi connectivity index (χ1) is 14.0. The Morgan fingerprint density at radius 1 is 0.966 bits per heavy atom. The molecule has 6 nitrogen and oxygen atoms in total. The van der Waals surface area contributed by atoms with Gasteiger partial charge < -0.3 is 25.3 Å². The number of piperazine rings is 1. The van der Waals surface area contributed by atoms with Crippen LogP contribution in [0.4, 0.5) is 10.5 Å². The van der Waals surface area contributed by atoms with Crippen molar-refractivity contribution in [2.24, 2.45) is 5.73 Å². The van der Waals surface area contributed by atoms with Gasteiger partial charge in [0.15, 0.2) is 0 Å². The SMILES string of the molecule is CC(=O)CCc1c[nH]c2ccccc12.NC(=O)N1CCN(c2ccccc2)CC1. The number of ketones is 1. The number of rotatable bonds is 4. The minimum atomic E-state index is -0.317. The summed E-state index contributed by atoms with van der Waals surface area (Å²) < 4.78 is 0. The van der Waals surface area contributed by atoms with Crippen molar-refractivity contribution in [2.75, 3.05) is 31.1 Å². The average molecular weight is 393 g/mol. The summed E-state index contributed by atoms with van der Waals surface area (Å²) in [7, 11) is 0. The van der Waals surface area contributed by atoms with Gasteiger partial charge in [0.05, 0.1) is 0 Å². The van der Waals surface area contributed by atoms with Crippen LogP contribution in [-0.2, 0) is 11.2 Å². The Morgan fingerprint density at radius 2 is 1.62 bits per heavy atom. The lowest BCUT2D eigenvalue weighted by Crippen LogP contribution is -2.50. The van der Waals surface area contributed by atoms with Gasteiger partial charge in [0.25, 0.3) is 0 Å². The van der Waals surface area contributed by atoms with Gasteiger partial charge in [-0.25, -0.2) is 4.79 Å². The lowest BCUT2D eigenvalue weighted by molar-refractivity contribution is -0.116. The molecule has 3 aromatic rings. The van der Waals surface area contributed by atoms with Crippen molar-refractivity contribution in [3.8, 4) is 0 Å². The minimum Gasteiger partial charge on any atom is -0.368 e. The Hall–Kier alpha value is -3.28. The summed E-state index contributed by atoms with van der Waals surface area (Å²) in [5, 5.41) is 1.23. The second-order valence-corrected chi connectivity index (χ2v) is 7.21. The van der Waals surface area contributed by atoms with Crippen LogP contribution in [0.2, 0.25) is 0 Å². The lowest BCUT2D eigenvalue weighted by atomic mass is 10.1. The lowest BCUT2D eigenvalue weighted by Gasteiger charge is -2.35. The van der Waals surface area contributed by atoms with Crippen LogP contribution < -0.4 is 10.6 Å². The van der Waals surface area contributed by atoms with E-state index in [2.05, 4.69) is 28.1 Å². The van der Waals surface area contributed by atoms with Crippen molar-refractivity contribution in [2.45, 2.75) is 19.8 Å². The zero-order chi connectivity index (χ0) is 20.6. The third-order valence-corrected chi connectivity index (χ3v) is 5.13. The molecule has 3 N–H and O–H groups in total. The first kappa shape index (κ1) is 20.5. The van der Waals surface area contributed by atoms with Gasteiger partial charge >= 0.3 is 6.03 Å². The van der Waals surface area contributed by atoms with Crippen molar-refractivity contribution in [1.82, 2.24) is 9.88 Å². The Kier molecular flexibility index (Phi) is 6.89. The maximum atomic E-state index is 10.9. The number of urea groups is 1. The fourth-order valence-electron chi connectivity index (χ4n) is 3.47. The van der Waals surface area contributed by atoms with Crippen LogP contribution in [0.1, 0.15) is 18.9 Å². The normalized spacial score (nSPS) is 13.7. The number of carbonyl (C=O) groups excluding carboxylic acids is 2. The van der Waals surface area contributed by atoms with Gasteiger partial charge in [0.1, 0.15) is 5.78 Å². The maximum absolute atomic E-state index is 10.9. The van der Waals surface area contributed by atoms with Crippen molar-refractivity contribution in [3.63, 3.8) is 0 Å². The second-order valence-electron chi connectivity index (χ2n) is 7.21. The van der Waals surface area contributed by atoms with Crippen molar-refractivity contribution in [3.05, 3.63) is 66.4 Å². The van der Waals surface area contributed by atoms with Crippen LogP contribution in [-0.4, -0.2) is 47.9 Å². The zero-order valence-corrected chi connectivity index (χ0v) is 16.8. The molecular weight excluding hydrogens is 364 g/mol. The average Bonchev–Trinajstić information content (AvgIpc) is 3.17. The number of para-hydroxylation sites is 2. The van der Waals surface area contributed by atoms with Gasteiger partial charge in [0, 0.05) is 55.4 Å². The third kappa shape index (κ3) is 5.60. The molecular formula is C23H28N4O2. The van der Waals surface area contributed by atoms with E-state index >= 15 is 0 Å². The van der Waals surface area contributed by atoms with E-state index in [-0.39, 0.29) is 11.8 Å². The number of primary amides is 1. The molecule has 1 aromatic heterocycles. The second kappa shape index (κ2) is 9.78. The number of carbonyl (C=O) groups is 2. The monoisotopic (exact) mass is 392 g/mol. The summed E-state index contributed by atoms with van der Waals surface area (Å²) in [6, 6.07) is 18.1. The summed E-state index contributed by atoms with van der Waals surface area (Å²) in [6.45, 7) is 4.77.